The third-order valence-electron chi connectivity index (χ3n) is 5.51. The number of rotatable bonds is 5. The molecule has 1 aliphatic heterocycles. The summed E-state index contributed by atoms with van der Waals surface area (Å²) in [6.45, 7) is 5.23. The first kappa shape index (κ1) is 19.4. The monoisotopic (exact) mass is 378 g/mol. The summed E-state index contributed by atoms with van der Waals surface area (Å²) in [5.41, 5.74) is 2.38. The van der Waals surface area contributed by atoms with Gasteiger partial charge in [-0.1, -0.05) is 19.9 Å². The van der Waals surface area contributed by atoms with Gasteiger partial charge in [-0.3, -0.25) is 4.79 Å². The summed E-state index contributed by atoms with van der Waals surface area (Å²) < 4.78 is 28.6. The number of hydrogen-bond acceptors (Lipinski definition) is 3. The second-order valence-corrected chi connectivity index (χ2v) is 9.58. The molecule has 1 atom stereocenters. The molecule has 1 amide bonds. The number of likely N-dealkylation sites (tertiary alicyclic amines) is 1. The number of nitrogens with one attached hydrogen (secondary N) is 1. The molecule has 1 aromatic carbocycles. The normalized spacial score (nSPS) is 19.3. The zero-order valence-electron chi connectivity index (χ0n) is 15.8. The highest BCUT2D eigenvalue weighted by Gasteiger charge is 2.32. The average molecular weight is 379 g/mol. The van der Waals surface area contributed by atoms with E-state index in [-0.39, 0.29) is 16.7 Å². The molecular formula is C20H30N2O3S. The number of hydrogen-bond donors (Lipinski definition) is 1. The van der Waals surface area contributed by atoms with Gasteiger partial charge in [-0.2, -0.15) is 4.72 Å². The van der Waals surface area contributed by atoms with Crippen molar-refractivity contribution in [2.75, 3.05) is 13.1 Å². The molecule has 0 bridgehead atoms. The van der Waals surface area contributed by atoms with Crippen molar-refractivity contribution in [2.45, 2.75) is 69.7 Å². The molecule has 1 aromatic rings. The van der Waals surface area contributed by atoms with Crippen LogP contribution in [0.15, 0.2) is 23.1 Å². The van der Waals surface area contributed by atoms with Gasteiger partial charge in [0.15, 0.2) is 0 Å². The molecule has 0 radical (unpaired) electrons. The van der Waals surface area contributed by atoms with E-state index in [1.807, 2.05) is 24.8 Å². The smallest absolute Gasteiger partial charge is 0.241 e. The third-order valence-corrected chi connectivity index (χ3v) is 6.95. The van der Waals surface area contributed by atoms with Crippen LogP contribution in [-0.2, 0) is 27.7 Å². The Kier molecular flexibility index (Phi) is 6.03. The van der Waals surface area contributed by atoms with E-state index in [0.717, 1.165) is 63.6 Å². The van der Waals surface area contributed by atoms with Gasteiger partial charge in [-0.15, -0.1) is 0 Å². The molecule has 26 heavy (non-hydrogen) atoms. The van der Waals surface area contributed by atoms with Gasteiger partial charge in [0.2, 0.25) is 15.9 Å². The topological polar surface area (TPSA) is 66.5 Å². The fourth-order valence-electron chi connectivity index (χ4n) is 3.89. The van der Waals surface area contributed by atoms with Crippen LogP contribution >= 0.6 is 0 Å². The molecule has 0 aromatic heterocycles. The summed E-state index contributed by atoms with van der Waals surface area (Å²) in [5, 5.41) is 0. The molecule has 0 saturated carbocycles. The number of nitrogens with zero attached hydrogens (tertiary/aromatic N) is 1. The Labute approximate surface area is 157 Å². The molecule has 5 nitrogen and oxygen atoms in total. The number of amides is 1. The highest BCUT2D eigenvalue weighted by atomic mass is 32.2. The lowest BCUT2D eigenvalue weighted by Crippen LogP contribution is -2.52. The fraction of sp³-hybridized carbons (Fsp3) is 0.650. The van der Waals surface area contributed by atoms with E-state index in [4.69, 9.17) is 0 Å². The summed E-state index contributed by atoms with van der Waals surface area (Å²) in [5.74, 6) is -0.196. The fourth-order valence-corrected chi connectivity index (χ4v) is 5.28. The molecule has 0 unspecified atom stereocenters. The van der Waals surface area contributed by atoms with Gasteiger partial charge >= 0.3 is 0 Å². The lowest BCUT2D eigenvalue weighted by atomic mass is 9.92. The first-order valence-corrected chi connectivity index (χ1v) is 11.3. The Balaban J connectivity index is 1.80. The third kappa shape index (κ3) is 4.29. The number of benzene rings is 1. The summed E-state index contributed by atoms with van der Waals surface area (Å²) >= 11 is 0. The van der Waals surface area contributed by atoms with E-state index in [1.165, 1.54) is 5.56 Å². The van der Waals surface area contributed by atoms with Crippen molar-refractivity contribution >= 4 is 15.9 Å². The zero-order chi connectivity index (χ0) is 18.7. The van der Waals surface area contributed by atoms with Crippen LogP contribution < -0.4 is 4.72 Å². The van der Waals surface area contributed by atoms with Gasteiger partial charge in [-0.25, -0.2) is 8.42 Å². The van der Waals surface area contributed by atoms with Gasteiger partial charge in [0.1, 0.15) is 6.04 Å². The number of sulfonamides is 1. The van der Waals surface area contributed by atoms with Gasteiger partial charge in [0, 0.05) is 13.1 Å². The minimum atomic E-state index is -3.72. The predicted octanol–water partition coefficient (Wildman–Crippen LogP) is 2.88. The maximum Gasteiger partial charge on any atom is 0.241 e. The molecule has 1 fully saturated rings. The van der Waals surface area contributed by atoms with Crippen LogP contribution in [0.3, 0.4) is 0 Å². The summed E-state index contributed by atoms with van der Waals surface area (Å²) in [6, 6.07) is 4.68. The van der Waals surface area contributed by atoms with Crippen LogP contribution in [0.1, 0.15) is 57.1 Å². The van der Waals surface area contributed by atoms with Gasteiger partial charge < -0.3 is 4.90 Å². The maximum absolute atomic E-state index is 12.9. The van der Waals surface area contributed by atoms with Crippen molar-refractivity contribution in [3.8, 4) is 0 Å². The number of aryl methyl sites for hydroxylation is 2. The van der Waals surface area contributed by atoms with Crippen LogP contribution in [0, 0.1) is 5.92 Å². The van der Waals surface area contributed by atoms with Crippen LogP contribution in [0.25, 0.3) is 0 Å². The van der Waals surface area contributed by atoms with Crippen LogP contribution in [0.2, 0.25) is 0 Å². The second-order valence-electron chi connectivity index (χ2n) is 7.87. The zero-order valence-corrected chi connectivity index (χ0v) is 16.6. The molecule has 3 rings (SSSR count). The molecule has 1 aliphatic carbocycles. The van der Waals surface area contributed by atoms with Crippen LogP contribution in [0.5, 0.6) is 0 Å². The Morgan fingerprint density at radius 1 is 1.00 bits per heavy atom. The Bertz CT molecular complexity index is 752. The number of piperidine rings is 1. The summed E-state index contributed by atoms with van der Waals surface area (Å²) in [4.78, 5) is 15.0. The molecule has 1 heterocycles. The molecular weight excluding hydrogens is 348 g/mol. The minimum absolute atomic E-state index is 0.0961. The average Bonchev–Trinajstić information content (AvgIpc) is 2.65. The second kappa shape index (κ2) is 8.09. The van der Waals surface area contributed by atoms with E-state index in [9.17, 15) is 13.2 Å². The molecule has 144 valence electrons. The van der Waals surface area contributed by atoms with E-state index in [2.05, 4.69) is 4.72 Å². The van der Waals surface area contributed by atoms with Gasteiger partial charge in [-0.05, 0) is 74.1 Å². The summed E-state index contributed by atoms with van der Waals surface area (Å²) in [6.07, 6.45) is 7.34. The van der Waals surface area contributed by atoms with Crippen molar-refractivity contribution in [1.82, 2.24) is 9.62 Å². The first-order chi connectivity index (χ1) is 12.4. The Morgan fingerprint density at radius 2 is 1.65 bits per heavy atom. The van der Waals surface area contributed by atoms with Crippen LogP contribution in [-0.4, -0.2) is 38.4 Å². The van der Waals surface area contributed by atoms with E-state index >= 15 is 0 Å². The molecule has 0 spiro atoms. The van der Waals surface area contributed by atoms with Crippen molar-refractivity contribution in [1.29, 1.82) is 0 Å². The number of fused-ring (bicyclic) bond motifs is 1. The predicted molar refractivity (Wildman–Crippen MR) is 102 cm³/mol. The highest BCUT2D eigenvalue weighted by molar-refractivity contribution is 7.89. The van der Waals surface area contributed by atoms with Crippen LogP contribution in [0.4, 0.5) is 0 Å². The van der Waals surface area contributed by atoms with E-state index in [0.29, 0.717) is 0 Å². The van der Waals surface area contributed by atoms with Crippen molar-refractivity contribution < 1.29 is 13.2 Å². The molecule has 6 heteroatoms. The van der Waals surface area contributed by atoms with Crippen molar-refractivity contribution in [2.24, 2.45) is 5.92 Å². The Morgan fingerprint density at radius 3 is 2.31 bits per heavy atom. The van der Waals surface area contributed by atoms with Gasteiger partial charge in [0.25, 0.3) is 0 Å². The molecule has 1 N–H and O–H groups in total. The van der Waals surface area contributed by atoms with Gasteiger partial charge in [0.05, 0.1) is 4.90 Å². The SMILES string of the molecule is CC(C)[C@@H](NS(=O)(=O)c1ccc2c(c1)CCCC2)C(=O)N1CCCCC1. The van der Waals surface area contributed by atoms with Crippen molar-refractivity contribution in [3.63, 3.8) is 0 Å². The van der Waals surface area contributed by atoms with E-state index < -0.39 is 16.1 Å². The highest BCUT2D eigenvalue weighted by Crippen LogP contribution is 2.24. The standard InChI is InChI=1S/C20H30N2O3S/c1-15(2)19(20(23)22-12-6-3-7-13-22)21-26(24,25)18-11-10-16-8-4-5-9-17(16)14-18/h10-11,14-15,19,21H,3-9,12-13H2,1-2H3/t19-/m1/s1. The van der Waals surface area contributed by atoms with E-state index in [1.54, 1.807) is 12.1 Å². The number of carbonyl (C=O) groups is 1. The first-order valence-electron chi connectivity index (χ1n) is 9.81. The molecule has 1 saturated heterocycles. The van der Waals surface area contributed by atoms with Crippen molar-refractivity contribution in [3.05, 3.63) is 29.3 Å². The Hall–Kier alpha value is -1.40. The lowest BCUT2D eigenvalue weighted by molar-refractivity contribution is -0.134. The largest absolute Gasteiger partial charge is 0.341 e. The number of carbonyl (C=O) groups excluding carboxylic acids is 1. The maximum atomic E-state index is 12.9. The lowest BCUT2D eigenvalue weighted by Gasteiger charge is -2.32. The quantitative estimate of drug-likeness (QED) is 0.857. The minimum Gasteiger partial charge on any atom is -0.341 e. The molecule has 2 aliphatic rings. The summed E-state index contributed by atoms with van der Waals surface area (Å²) in [7, 11) is -3.72.